The zero-order chi connectivity index (χ0) is 11.5. The highest BCUT2D eigenvalue weighted by molar-refractivity contribution is 4.54. The summed E-state index contributed by atoms with van der Waals surface area (Å²) in [5.74, 6) is 0. The molecule has 0 saturated heterocycles. The molecular formula is C12H27NO2. The summed E-state index contributed by atoms with van der Waals surface area (Å²) in [5.41, 5.74) is 0. The minimum atomic E-state index is 0.350. The maximum absolute atomic E-state index is 5.50. The molecule has 0 unspecified atom stereocenters. The maximum Gasteiger partial charge on any atom is 0.0593 e. The minimum absolute atomic E-state index is 0.350. The summed E-state index contributed by atoms with van der Waals surface area (Å²) in [6.07, 6.45) is 1.46. The average Bonchev–Trinajstić information content (AvgIpc) is 2.21. The van der Waals surface area contributed by atoms with Crippen LogP contribution in [0, 0.1) is 0 Å². The van der Waals surface area contributed by atoms with Crippen molar-refractivity contribution in [2.75, 3.05) is 39.5 Å². The van der Waals surface area contributed by atoms with Crippen LogP contribution >= 0.6 is 0 Å². The molecule has 3 nitrogen and oxygen atoms in total. The number of nitrogens with zero attached hydrogens (tertiary/aromatic N) is 1. The molecule has 0 N–H and O–H groups in total. The van der Waals surface area contributed by atoms with E-state index in [1.54, 1.807) is 0 Å². The van der Waals surface area contributed by atoms with E-state index >= 15 is 0 Å². The Labute approximate surface area is 94.7 Å². The topological polar surface area (TPSA) is 21.7 Å². The molecule has 3 heteroatoms. The molecular weight excluding hydrogens is 190 g/mol. The summed E-state index contributed by atoms with van der Waals surface area (Å²) < 4.78 is 10.8. The summed E-state index contributed by atoms with van der Waals surface area (Å²) in [6, 6.07) is 0. The zero-order valence-corrected chi connectivity index (χ0v) is 10.8. The van der Waals surface area contributed by atoms with Crippen molar-refractivity contribution in [3.63, 3.8) is 0 Å². The SMILES string of the molecule is CCOCCN(CC)CCCOC(C)C. The Morgan fingerprint density at radius 3 is 2.33 bits per heavy atom. The largest absolute Gasteiger partial charge is 0.380 e. The molecule has 15 heavy (non-hydrogen) atoms. The quantitative estimate of drug-likeness (QED) is 0.523. The molecule has 0 fully saturated rings. The van der Waals surface area contributed by atoms with Crippen LogP contribution in [0.2, 0.25) is 0 Å². The van der Waals surface area contributed by atoms with Gasteiger partial charge in [0.15, 0.2) is 0 Å². The third-order valence-electron chi connectivity index (χ3n) is 2.27. The molecule has 0 bridgehead atoms. The van der Waals surface area contributed by atoms with E-state index in [2.05, 4.69) is 25.7 Å². The summed E-state index contributed by atoms with van der Waals surface area (Å²) in [5, 5.41) is 0. The molecule has 0 aromatic rings. The number of likely N-dealkylation sites (N-methyl/N-ethyl adjacent to an activating group) is 1. The van der Waals surface area contributed by atoms with Gasteiger partial charge in [-0.05, 0) is 33.7 Å². The molecule has 0 aliphatic rings. The lowest BCUT2D eigenvalue weighted by Gasteiger charge is -2.20. The Kier molecular flexibility index (Phi) is 10.3. The van der Waals surface area contributed by atoms with Gasteiger partial charge in [0.25, 0.3) is 0 Å². The van der Waals surface area contributed by atoms with E-state index < -0.39 is 0 Å². The molecule has 92 valence electrons. The van der Waals surface area contributed by atoms with E-state index in [4.69, 9.17) is 9.47 Å². The summed E-state index contributed by atoms with van der Waals surface area (Å²) >= 11 is 0. The van der Waals surface area contributed by atoms with Crippen LogP contribution in [0.3, 0.4) is 0 Å². The van der Waals surface area contributed by atoms with Crippen molar-refractivity contribution in [3.8, 4) is 0 Å². The van der Waals surface area contributed by atoms with Gasteiger partial charge in [-0.3, -0.25) is 0 Å². The van der Waals surface area contributed by atoms with Crippen LogP contribution in [0.4, 0.5) is 0 Å². The van der Waals surface area contributed by atoms with E-state index in [-0.39, 0.29) is 0 Å². The van der Waals surface area contributed by atoms with Crippen molar-refractivity contribution in [2.24, 2.45) is 0 Å². The van der Waals surface area contributed by atoms with Crippen molar-refractivity contribution in [2.45, 2.75) is 40.2 Å². The second kappa shape index (κ2) is 10.4. The second-order valence-electron chi connectivity index (χ2n) is 3.90. The van der Waals surface area contributed by atoms with Gasteiger partial charge < -0.3 is 14.4 Å². The van der Waals surface area contributed by atoms with E-state index in [1.165, 1.54) is 0 Å². The molecule has 0 aromatic heterocycles. The molecule has 0 atom stereocenters. The summed E-state index contributed by atoms with van der Waals surface area (Å²) in [7, 11) is 0. The highest BCUT2D eigenvalue weighted by Crippen LogP contribution is 1.95. The van der Waals surface area contributed by atoms with Crippen LogP contribution in [0.5, 0.6) is 0 Å². The molecule has 0 aliphatic heterocycles. The van der Waals surface area contributed by atoms with Crippen LogP contribution in [-0.4, -0.2) is 50.5 Å². The first-order valence-electron chi connectivity index (χ1n) is 6.12. The smallest absolute Gasteiger partial charge is 0.0593 e. The van der Waals surface area contributed by atoms with Crippen molar-refractivity contribution in [3.05, 3.63) is 0 Å². The van der Waals surface area contributed by atoms with Gasteiger partial charge in [0.1, 0.15) is 0 Å². The van der Waals surface area contributed by atoms with Gasteiger partial charge in [0.2, 0.25) is 0 Å². The van der Waals surface area contributed by atoms with E-state index in [0.29, 0.717) is 6.10 Å². The zero-order valence-electron chi connectivity index (χ0n) is 10.8. The van der Waals surface area contributed by atoms with Crippen molar-refractivity contribution in [1.82, 2.24) is 4.90 Å². The molecule has 0 saturated carbocycles. The molecule has 0 aromatic carbocycles. The van der Waals surface area contributed by atoms with Crippen molar-refractivity contribution < 1.29 is 9.47 Å². The Morgan fingerprint density at radius 2 is 1.80 bits per heavy atom. The van der Waals surface area contributed by atoms with Gasteiger partial charge in [0.05, 0.1) is 12.7 Å². The highest BCUT2D eigenvalue weighted by atomic mass is 16.5. The molecule has 0 radical (unpaired) electrons. The van der Waals surface area contributed by atoms with Gasteiger partial charge >= 0.3 is 0 Å². The van der Waals surface area contributed by atoms with Crippen LogP contribution in [-0.2, 0) is 9.47 Å². The molecule has 0 spiro atoms. The van der Waals surface area contributed by atoms with E-state index in [1.807, 2.05) is 6.92 Å². The fourth-order valence-corrected chi connectivity index (χ4v) is 1.37. The molecule has 0 amide bonds. The Balaban J connectivity index is 3.35. The fourth-order valence-electron chi connectivity index (χ4n) is 1.37. The van der Waals surface area contributed by atoms with Crippen molar-refractivity contribution >= 4 is 0 Å². The maximum atomic E-state index is 5.50. The number of hydrogen-bond acceptors (Lipinski definition) is 3. The van der Waals surface area contributed by atoms with E-state index in [9.17, 15) is 0 Å². The predicted octanol–water partition coefficient (Wildman–Crippen LogP) is 2.16. The summed E-state index contributed by atoms with van der Waals surface area (Å²) in [4.78, 5) is 2.40. The number of hydrogen-bond donors (Lipinski definition) is 0. The highest BCUT2D eigenvalue weighted by Gasteiger charge is 2.01. The Bertz CT molecular complexity index is 129. The fraction of sp³-hybridized carbons (Fsp3) is 1.00. The Morgan fingerprint density at radius 1 is 1.07 bits per heavy atom. The van der Waals surface area contributed by atoms with Crippen LogP contribution in [0.25, 0.3) is 0 Å². The monoisotopic (exact) mass is 217 g/mol. The first-order chi connectivity index (χ1) is 7.20. The Hall–Kier alpha value is -0.120. The van der Waals surface area contributed by atoms with Gasteiger partial charge in [0, 0.05) is 26.3 Å². The first-order valence-corrected chi connectivity index (χ1v) is 6.12. The predicted molar refractivity (Wildman–Crippen MR) is 64.3 cm³/mol. The van der Waals surface area contributed by atoms with Crippen LogP contribution in [0.15, 0.2) is 0 Å². The number of rotatable bonds is 10. The normalized spacial score (nSPS) is 11.6. The third-order valence-corrected chi connectivity index (χ3v) is 2.27. The molecule has 0 heterocycles. The standard InChI is InChI=1S/C12H27NO2/c1-5-13(9-11-14-6-2)8-7-10-15-12(3)4/h12H,5-11H2,1-4H3. The van der Waals surface area contributed by atoms with Crippen molar-refractivity contribution in [1.29, 1.82) is 0 Å². The molecule has 0 aliphatic carbocycles. The average molecular weight is 217 g/mol. The lowest BCUT2D eigenvalue weighted by atomic mass is 10.3. The van der Waals surface area contributed by atoms with Gasteiger partial charge in [-0.1, -0.05) is 6.92 Å². The number of ether oxygens (including phenoxy) is 2. The lowest BCUT2D eigenvalue weighted by molar-refractivity contribution is 0.0660. The first kappa shape index (κ1) is 14.9. The van der Waals surface area contributed by atoms with Crippen LogP contribution < -0.4 is 0 Å². The van der Waals surface area contributed by atoms with E-state index in [0.717, 1.165) is 45.9 Å². The lowest BCUT2D eigenvalue weighted by Crippen LogP contribution is -2.29. The third kappa shape index (κ3) is 10.2. The second-order valence-corrected chi connectivity index (χ2v) is 3.90. The van der Waals surface area contributed by atoms with Crippen LogP contribution in [0.1, 0.15) is 34.1 Å². The molecule has 0 rings (SSSR count). The summed E-state index contributed by atoms with van der Waals surface area (Å²) in [6.45, 7) is 14.1. The van der Waals surface area contributed by atoms with Gasteiger partial charge in [-0.15, -0.1) is 0 Å². The van der Waals surface area contributed by atoms with Gasteiger partial charge in [-0.25, -0.2) is 0 Å². The minimum Gasteiger partial charge on any atom is -0.380 e. The van der Waals surface area contributed by atoms with Gasteiger partial charge in [-0.2, -0.15) is 0 Å².